The van der Waals surface area contributed by atoms with Gasteiger partial charge in [0.2, 0.25) is 0 Å². The van der Waals surface area contributed by atoms with E-state index in [0.29, 0.717) is 11.4 Å². The fraction of sp³-hybridized carbons (Fsp3) is 0.222. The number of carboxylic acid groups (broad SMARTS) is 1. The van der Waals surface area contributed by atoms with Crippen LogP contribution >= 0.6 is 11.6 Å². The van der Waals surface area contributed by atoms with Crippen molar-refractivity contribution in [3.8, 4) is 0 Å². The maximum Gasteiger partial charge on any atom is 0.322 e. The molecule has 24 heavy (non-hydrogen) atoms. The first-order valence-corrected chi connectivity index (χ1v) is 7.63. The molecule has 0 aliphatic rings. The van der Waals surface area contributed by atoms with Gasteiger partial charge in [0.15, 0.2) is 0 Å². The molecular formula is C18H20ClNO4. The molecule has 0 aliphatic carbocycles. The highest BCUT2D eigenvalue weighted by Gasteiger charge is 2.13. The van der Waals surface area contributed by atoms with E-state index < -0.39 is 12.0 Å². The zero-order valence-electron chi connectivity index (χ0n) is 13.3. The summed E-state index contributed by atoms with van der Waals surface area (Å²) in [5.74, 6) is -1.20. The highest BCUT2D eigenvalue weighted by Crippen LogP contribution is 2.09. The molecule has 0 spiro atoms. The van der Waals surface area contributed by atoms with E-state index in [0.717, 1.165) is 11.1 Å². The first kappa shape index (κ1) is 19.7. The lowest BCUT2D eigenvalue weighted by molar-refractivity contribution is -0.142. The summed E-state index contributed by atoms with van der Waals surface area (Å²) in [6.07, 6.45) is 0.574. The van der Waals surface area contributed by atoms with Crippen molar-refractivity contribution in [3.05, 3.63) is 70.7 Å². The molecule has 0 fully saturated rings. The molecule has 0 amide bonds. The number of hydrogen-bond donors (Lipinski definition) is 2. The first-order chi connectivity index (χ1) is 11.4. The summed E-state index contributed by atoms with van der Waals surface area (Å²) in [6.45, 7) is 0. The topological polar surface area (TPSA) is 89.6 Å². The van der Waals surface area contributed by atoms with Gasteiger partial charge in [-0.15, -0.1) is 0 Å². The molecule has 0 radical (unpaired) electrons. The molecule has 0 aromatic heterocycles. The van der Waals surface area contributed by atoms with Crippen LogP contribution in [0.4, 0.5) is 0 Å². The Hall–Kier alpha value is -2.37. The predicted molar refractivity (Wildman–Crippen MR) is 92.9 cm³/mol. The summed E-state index contributed by atoms with van der Waals surface area (Å²) in [4.78, 5) is 21.2. The van der Waals surface area contributed by atoms with Gasteiger partial charge in [0.1, 0.15) is 6.04 Å². The molecule has 1 atom stereocenters. The van der Waals surface area contributed by atoms with Gasteiger partial charge >= 0.3 is 11.9 Å². The van der Waals surface area contributed by atoms with Crippen LogP contribution in [0.15, 0.2) is 54.6 Å². The minimum atomic E-state index is -0.827. The summed E-state index contributed by atoms with van der Waals surface area (Å²) in [7, 11) is 1.34. The third kappa shape index (κ3) is 7.76. The second-order valence-corrected chi connectivity index (χ2v) is 5.45. The number of halogens is 1. The van der Waals surface area contributed by atoms with E-state index >= 15 is 0 Å². The van der Waals surface area contributed by atoms with E-state index in [1.54, 1.807) is 24.3 Å². The fourth-order valence-corrected chi connectivity index (χ4v) is 2.01. The van der Waals surface area contributed by atoms with Crippen LogP contribution in [-0.2, 0) is 27.2 Å². The first-order valence-electron chi connectivity index (χ1n) is 7.26. The number of carbonyl (C=O) groups excluding carboxylic acids is 1. The number of hydrogen-bond acceptors (Lipinski definition) is 4. The monoisotopic (exact) mass is 349 g/mol. The molecule has 2 rings (SSSR count). The van der Waals surface area contributed by atoms with Crippen LogP contribution in [0.3, 0.4) is 0 Å². The highest BCUT2D eigenvalue weighted by atomic mass is 35.5. The molecule has 0 heterocycles. The Kier molecular flexibility index (Phi) is 8.54. The van der Waals surface area contributed by atoms with Crippen LogP contribution in [0.5, 0.6) is 0 Å². The van der Waals surface area contributed by atoms with Gasteiger partial charge in [0, 0.05) is 5.02 Å². The van der Waals surface area contributed by atoms with Crippen LogP contribution < -0.4 is 5.73 Å². The quantitative estimate of drug-likeness (QED) is 0.810. The largest absolute Gasteiger partial charge is 0.481 e. The highest BCUT2D eigenvalue weighted by molar-refractivity contribution is 6.30. The van der Waals surface area contributed by atoms with Crippen LogP contribution in [0, 0.1) is 0 Å². The average Bonchev–Trinajstić information content (AvgIpc) is 2.57. The third-order valence-electron chi connectivity index (χ3n) is 3.07. The fourth-order valence-electron chi connectivity index (χ4n) is 1.88. The third-order valence-corrected chi connectivity index (χ3v) is 3.32. The van der Waals surface area contributed by atoms with Crippen molar-refractivity contribution in [2.45, 2.75) is 18.9 Å². The van der Waals surface area contributed by atoms with Gasteiger partial charge in [-0.05, 0) is 29.7 Å². The number of rotatable bonds is 5. The molecule has 1 unspecified atom stereocenters. The predicted octanol–water partition coefficient (Wildman–Crippen LogP) is 2.70. The van der Waals surface area contributed by atoms with Crippen LogP contribution in [0.2, 0.25) is 5.02 Å². The van der Waals surface area contributed by atoms with Crippen molar-refractivity contribution in [1.29, 1.82) is 0 Å². The van der Waals surface area contributed by atoms with Crippen molar-refractivity contribution < 1.29 is 19.4 Å². The molecule has 3 N–H and O–H groups in total. The number of carbonyl (C=O) groups is 2. The number of methoxy groups -OCH3 is 1. The SMILES string of the molecule is COC(=O)C(N)Cc1ccccc1.O=C(O)Cc1ccc(Cl)cc1. The minimum absolute atomic E-state index is 0.0527. The van der Waals surface area contributed by atoms with E-state index in [2.05, 4.69) is 4.74 Å². The Balaban J connectivity index is 0.000000243. The lowest BCUT2D eigenvalue weighted by atomic mass is 10.1. The molecule has 0 aliphatic heterocycles. The maximum atomic E-state index is 11.0. The number of carboxylic acids is 1. The van der Waals surface area contributed by atoms with Gasteiger partial charge in [-0.25, -0.2) is 0 Å². The maximum absolute atomic E-state index is 11.0. The van der Waals surface area contributed by atoms with Crippen LogP contribution in [-0.4, -0.2) is 30.2 Å². The van der Waals surface area contributed by atoms with Gasteiger partial charge in [-0.2, -0.15) is 0 Å². The summed E-state index contributed by atoms with van der Waals surface area (Å²) in [5.41, 5.74) is 7.39. The summed E-state index contributed by atoms with van der Waals surface area (Å²) in [6, 6.07) is 15.8. The van der Waals surface area contributed by atoms with Crippen LogP contribution in [0.1, 0.15) is 11.1 Å². The molecule has 2 aromatic carbocycles. The second kappa shape index (κ2) is 10.4. The lowest BCUT2D eigenvalue weighted by Crippen LogP contribution is -2.33. The molecule has 0 saturated heterocycles. The summed E-state index contributed by atoms with van der Waals surface area (Å²) < 4.78 is 4.52. The van der Waals surface area contributed by atoms with E-state index in [-0.39, 0.29) is 12.4 Å². The van der Waals surface area contributed by atoms with E-state index in [9.17, 15) is 9.59 Å². The van der Waals surface area contributed by atoms with Crippen LogP contribution in [0.25, 0.3) is 0 Å². The van der Waals surface area contributed by atoms with E-state index in [1.165, 1.54) is 7.11 Å². The Morgan fingerprint density at radius 3 is 2.17 bits per heavy atom. The van der Waals surface area contributed by atoms with Crippen molar-refractivity contribution in [3.63, 3.8) is 0 Å². The van der Waals surface area contributed by atoms with E-state index in [1.807, 2.05) is 30.3 Å². The van der Waals surface area contributed by atoms with E-state index in [4.69, 9.17) is 22.4 Å². The Morgan fingerprint density at radius 2 is 1.67 bits per heavy atom. The van der Waals surface area contributed by atoms with Gasteiger partial charge < -0.3 is 15.6 Å². The molecule has 6 heteroatoms. The zero-order valence-corrected chi connectivity index (χ0v) is 14.1. The molecular weight excluding hydrogens is 330 g/mol. The van der Waals surface area contributed by atoms with Crippen molar-refractivity contribution in [1.82, 2.24) is 0 Å². The molecule has 2 aromatic rings. The lowest BCUT2D eigenvalue weighted by Gasteiger charge is -2.08. The number of esters is 1. The normalized spacial score (nSPS) is 11.0. The van der Waals surface area contributed by atoms with Gasteiger partial charge in [-0.1, -0.05) is 54.1 Å². The standard InChI is InChI=1S/C10H13NO2.C8H7ClO2/c1-13-10(12)9(11)7-8-5-3-2-4-6-8;9-7-3-1-6(2-4-7)5-8(10)11/h2-6,9H,7,11H2,1H3;1-4H,5H2,(H,10,11). The summed E-state index contributed by atoms with van der Waals surface area (Å²) in [5, 5.41) is 9.03. The second-order valence-electron chi connectivity index (χ2n) is 5.02. The van der Waals surface area contributed by atoms with Crippen molar-refractivity contribution in [2.75, 3.05) is 7.11 Å². The molecule has 128 valence electrons. The Bertz CT molecular complexity index is 644. The Labute approximate surface area is 146 Å². The van der Waals surface area contributed by atoms with Gasteiger partial charge in [0.05, 0.1) is 13.5 Å². The van der Waals surface area contributed by atoms with Crippen molar-refractivity contribution >= 4 is 23.5 Å². The van der Waals surface area contributed by atoms with Gasteiger partial charge in [-0.3, -0.25) is 9.59 Å². The zero-order chi connectivity index (χ0) is 17.9. The number of ether oxygens (including phenoxy) is 1. The van der Waals surface area contributed by atoms with Gasteiger partial charge in [0.25, 0.3) is 0 Å². The molecule has 5 nitrogen and oxygen atoms in total. The number of aliphatic carboxylic acids is 1. The summed E-state index contributed by atoms with van der Waals surface area (Å²) >= 11 is 5.60. The average molecular weight is 350 g/mol. The smallest absolute Gasteiger partial charge is 0.322 e. The molecule has 0 saturated carbocycles. The minimum Gasteiger partial charge on any atom is -0.481 e. The number of nitrogens with two attached hydrogens (primary N) is 1. The number of benzene rings is 2. The van der Waals surface area contributed by atoms with Crippen molar-refractivity contribution in [2.24, 2.45) is 5.73 Å². The Morgan fingerprint density at radius 1 is 1.08 bits per heavy atom. The molecule has 0 bridgehead atoms.